The Kier molecular flexibility index (Phi) is 2.51. The summed E-state index contributed by atoms with van der Waals surface area (Å²) in [7, 11) is 0. The van der Waals surface area contributed by atoms with Gasteiger partial charge in [0.1, 0.15) is 10.8 Å². The molecule has 7 heteroatoms. The minimum atomic E-state index is -4.82. The zero-order valence-corrected chi connectivity index (χ0v) is 6.86. The van der Waals surface area contributed by atoms with Crippen LogP contribution in [0.1, 0.15) is 0 Å². The second-order valence-corrected chi connectivity index (χ2v) is 2.48. The summed E-state index contributed by atoms with van der Waals surface area (Å²) in [5, 5.41) is -0.244. The Morgan fingerprint density at radius 1 is 1.38 bits per heavy atom. The van der Waals surface area contributed by atoms with Crippen molar-refractivity contribution in [2.24, 2.45) is 0 Å². The lowest BCUT2D eigenvalue weighted by atomic mass is 10.4. The molecule has 0 aromatic carbocycles. The van der Waals surface area contributed by atoms with Crippen molar-refractivity contribution in [3.05, 3.63) is 17.2 Å². The van der Waals surface area contributed by atoms with Crippen molar-refractivity contribution in [3.8, 4) is 5.88 Å². The Hall–Kier alpha value is -1.17. The number of nitrogen functional groups attached to an aromatic ring is 1. The van der Waals surface area contributed by atoms with Crippen LogP contribution >= 0.6 is 11.6 Å². The zero-order valence-electron chi connectivity index (χ0n) is 6.10. The standard InChI is InChI=1S/C6H4ClF3N2O/c7-3-1-2-4(11)12-5(3)13-6(8,9)10/h1-2H,(H2,11,12). The molecule has 0 aliphatic rings. The molecule has 0 radical (unpaired) electrons. The monoisotopic (exact) mass is 212 g/mol. The molecule has 0 aliphatic carbocycles. The number of anilines is 1. The van der Waals surface area contributed by atoms with Crippen LogP contribution in [0.25, 0.3) is 0 Å². The van der Waals surface area contributed by atoms with Gasteiger partial charge in [0.15, 0.2) is 0 Å². The van der Waals surface area contributed by atoms with Crippen molar-refractivity contribution >= 4 is 17.4 Å². The highest BCUT2D eigenvalue weighted by Crippen LogP contribution is 2.28. The topological polar surface area (TPSA) is 48.1 Å². The Morgan fingerprint density at radius 3 is 2.54 bits per heavy atom. The van der Waals surface area contributed by atoms with Crippen LogP contribution in [0.4, 0.5) is 19.0 Å². The minimum Gasteiger partial charge on any atom is -0.386 e. The molecule has 1 aromatic heterocycles. The molecule has 0 bridgehead atoms. The van der Waals surface area contributed by atoms with Gasteiger partial charge >= 0.3 is 6.36 Å². The number of pyridine rings is 1. The Bertz CT molecular complexity index is 315. The number of aromatic nitrogens is 1. The van der Waals surface area contributed by atoms with E-state index in [1.165, 1.54) is 12.1 Å². The van der Waals surface area contributed by atoms with Crippen molar-refractivity contribution in [1.29, 1.82) is 0 Å². The van der Waals surface area contributed by atoms with E-state index in [-0.39, 0.29) is 10.8 Å². The van der Waals surface area contributed by atoms with Crippen molar-refractivity contribution in [3.63, 3.8) is 0 Å². The summed E-state index contributed by atoms with van der Waals surface area (Å²) in [5.74, 6) is -0.835. The molecule has 1 rings (SSSR count). The van der Waals surface area contributed by atoms with Crippen LogP contribution in [-0.2, 0) is 0 Å². The van der Waals surface area contributed by atoms with E-state index < -0.39 is 12.2 Å². The van der Waals surface area contributed by atoms with Crippen LogP contribution in [0, 0.1) is 0 Å². The quantitative estimate of drug-likeness (QED) is 0.777. The number of nitrogens with zero attached hydrogens (tertiary/aromatic N) is 1. The molecule has 0 saturated heterocycles. The number of nitrogens with two attached hydrogens (primary N) is 1. The molecule has 0 spiro atoms. The van der Waals surface area contributed by atoms with Gasteiger partial charge in [-0.2, -0.15) is 4.98 Å². The first-order valence-electron chi connectivity index (χ1n) is 3.06. The fourth-order valence-electron chi connectivity index (χ4n) is 0.619. The second kappa shape index (κ2) is 3.29. The first-order valence-corrected chi connectivity index (χ1v) is 3.44. The van der Waals surface area contributed by atoms with Gasteiger partial charge in [-0.05, 0) is 12.1 Å². The lowest BCUT2D eigenvalue weighted by Gasteiger charge is -2.08. The average molecular weight is 213 g/mol. The van der Waals surface area contributed by atoms with Crippen molar-refractivity contribution in [1.82, 2.24) is 4.98 Å². The summed E-state index contributed by atoms with van der Waals surface area (Å²) in [6.45, 7) is 0. The number of rotatable bonds is 1. The van der Waals surface area contributed by atoms with E-state index in [2.05, 4.69) is 9.72 Å². The molecule has 2 N–H and O–H groups in total. The number of hydrogen-bond acceptors (Lipinski definition) is 3. The molecule has 0 fully saturated rings. The number of halogens is 4. The lowest BCUT2D eigenvalue weighted by Crippen LogP contribution is -2.18. The molecule has 1 aromatic rings. The predicted molar refractivity (Wildman–Crippen MR) is 40.3 cm³/mol. The molecule has 1 heterocycles. The molecule has 0 unspecified atom stereocenters. The van der Waals surface area contributed by atoms with E-state index in [4.69, 9.17) is 17.3 Å². The largest absolute Gasteiger partial charge is 0.574 e. The summed E-state index contributed by atoms with van der Waals surface area (Å²) in [4.78, 5) is 3.26. The number of alkyl halides is 3. The van der Waals surface area contributed by atoms with E-state index in [0.29, 0.717) is 0 Å². The molecule has 0 amide bonds. The van der Waals surface area contributed by atoms with Gasteiger partial charge in [0.25, 0.3) is 0 Å². The SMILES string of the molecule is Nc1ccc(Cl)c(OC(F)(F)F)n1. The van der Waals surface area contributed by atoms with E-state index in [1.807, 2.05) is 0 Å². The van der Waals surface area contributed by atoms with E-state index in [1.54, 1.807) is 0 Å². The van der Waals surface area contributed by atoms with Crippen molar-refractivity contribution in [2.75, 3.05) is 5.73 Å². The summed E-state index contributed by atoms with van der Waals surface area (Å²) < 4.78 is 38.6. The fraction of sp³-hybridized carbons (Fsp3) is 0.167. The lowest BCUT2D eigenvalue weighted by molar-refractivity contribution is -0.276. The normalized spacial score (nSPS) is 11.4. The van der Waals surface area contributed by atoms with Crippen LogP contribution in [-0.4, -0.2) is 11.3 Å². The van der Waals surface area contributed by atoms with Gasteiger partial charge in [-0.15, -0.1) is 13.2 Å². The van der Waals surface area contributed by atoms with Gasteiger partial charge < -0.3 is 10.5 Å². The number of hydrogen-bond donors (Lipinski definition) is 1. The molecular formula is C6H4ClF3N2O. The zero-order chi connectivity index (χ0) is 10.1. The minimum absolute atomic E-state index is 0.0938. The van der Waals surface area contributed by atoms with Gasteiger partial charge in [-0.1, -0.05) is 11.6 Å². The highest BCUT2D eigenvalue weighted by atomic mass is 35.5. The summed E-state index contributed by atoms with van der Waals surface area (Å²) in [6, 6.07) is 2.44. The van der Waals surface area contributed by atoms with Crippen LogP contribution in [0.15, 0.2) is 12.1 Å². The maximum Gasteiger partial charge on any atom is 0.574 e. The van der Waals surface area contributed by atoms with E-state index in [9.17, 15) is 13.2 Å². The summed E-state index contributed by atoms with van der Waals surface area (Å²) in [5.41, 5.74) is 5.13. The maximum atomic E-state index is 11.7. The fourth-order valence-corrected chi connectivity index (χ4v) is 0.763. The summed E-state index contributed by atoms with van der Waals surface area (Å²) >= 11 is 5.36. The van der Waals surface area contributed by atoms with Crippen molar-refractivity contribution in [2.45, 2.75) is 6.36 Å². The number of ether oxygens (including phenoxy) is 1. The van der Waals surface area contributed by atoms with Crippen LogP contribution in [0.2, 0.25) is 5.02 Å². The second-order valence-electron chi connectivity index (χ2n) is 2.07. The van der Waals surface area contributed by atoms with Gasteiger partial charge in [-0.3, -0.25) is 0 Å². The highest BCUT2D eigenvalue weighted by molar-refractivity contribution is 6.31. The maximum absolute atomic E-state index is 11.7. The third kappa shape index (κ3) is 2.98. The molecule has 3 nitrogen and oxygen atoms in total. The van der Waals surface area contributed by atoms with E-state index in [0.717, 1.165) is 0 Å². The van der Waals surface area contributed by atoms with Gasteiger partial charge in [0, 0.05) is 0 Å². The van der Waals surface area contributed by atoms with Gasteiger partial charge in [-0.25, -0.2) is 0 Å². The van der Waals surface area contributed by atoms with E-state index >= 15 is 0 Å². The Labute approximate surface area is 76.3 Å². The molecular weight excluding hydrogens is 209 g/mol. The van der Waals surface area contributed by atoms with Crippen LogP contribution in [0.5, 0.6) is 5.88 Å². The first-order chi connectivity index (χ1) is 5.88. The van der Waals surface area contributed by atoms with Gasteiger partial charge in [0.2, 0.25) is 5.88 Å². The molecule has 0 atom stereocenters. The summed E-state index contributed by atoms with van der Waals surface area (Å²) in [6.07, 6.45) is -4.82. The van der Waals surface area contributed by atoms with Crippen LogP contribution in [0.3, 0.4) is 0 Å². The third-order valence-electron chi connectivity index (χ3n) is 1.05. The van der Waals surface area contributed by atoms with Crippen LogP contribution < -0.4 is 10.5 Å². The molecule has 0 saturated carbocycles. The first kappa shape index (κ1) is 9.91. The smallest absolute Gasteiger partial charge is 0.386 e. The molecule has 72 valence electrons. The van der Waals surface area contributed by atoms with Crippen molar-refractivity contribution < 1.29 is 17.9 Å². The predicted octanol–water partition coefficient (Wildman–Crippen LogP) is 2.22. The Balaban J connectivity index is 2.94. The highest BCUT2D eigenvalue weighted by Gasteiger charge is 2.32. The van der Waals surface area contributed by atoms with Gasteiger partial charge in [0.05, 0.1) is 0 Å². The third-order valence-corrected chi connectivity index (χ3v) is 1.34. The average Bonchev–Trinajstić information content (AvgIpc) is 1.94. The molecule has 0 aliphatic heterocycles. The Morgan fingerprint density at radius 2 is 2.00 bits per heavy atom. The molecule has 13 heavy (non-hydrogen) atoms.